The number of hydrogen-bond donors (Lipinski definition) is 2. The summed E-state index contributed by atoms with van der Waals surface area (Å²) >= 11 is 1.76. The number of hydrogen-bond acceptors (Lipinski definition) is 3. The van der Waals surface area contributed by atoms with Gasteiger partial charge in [0.25, 0.3) is 0 Å². The minimum atomic E-state index is 0.0719. The lowest BCUT2D eigenvalue weighted by molar-refractivity contribution is -0.120. The van der Waals surface area contributed by atoms with Crippen LogP contribution in [0.3, 0.4) is 0 Å². The molecule has 0 aliphatic carbocycles. The Morgan fingerprint density at radius 2 is 2.25 bits per heavy atom. The predicted octanol–water partition coefficient (Wildman–Crippen LogP) is 2.06. The van der Waals surface area contributed by atoms with Crippen molar-refractivity contribution in [1.82, 2.24) is 10.6 Å². The Morgan fingerprint density at radius 1 is 1.50 bits per heavy atom. The number of carbonyl (C=O) groups excluding carboxylic acids is 1. The minimum absolute atomic E-state index is 0.0719. The number of thiophene rings is 1. The van der Waals surface area contributed by atoms with Crippen LogP contribution in [0.4, 0.5) is 0 Å². The van der Waals surface area contributed by atoms with E-state index in [9.17, 15) is 4.79 Å². The summed E-state index contributed by atoms with van der Waals surface area (Å²) < 4.78 is 0. The molecule has 1 unspecified atom stereocenters. The van der Waals surface area contributed by atoms with Crippen LogP contribution >= 0.6 is 11.3 Å². The van der Waals surface area contributed by atoms with Gasteiger partial charge in [-0.1, -0.05) is 6.92 Å². The second kappa shape index (κ2) is 6.66. The fraction of sp³-hybridized carbons (Fsp3) is 0.583. The molecule has 0 spiro atoms. The van der Waals surface area contributed by atoms with Crippen LogP contribution in [0.15, 0.2) is 12.1 Å². The van der Waals surface area contributed by atoms with Gasteiger partial charge in [0, 0.05) is 22.3 Å². The van der Waals surface area contributed by atoms with Crippen molar-refractivity contribution >= 4 is 17.2 Å². The molecule has 0 saturated carbocycles. The Balaban J connectivity index is 2.18. The van der Waals surface area contributed by atoms with Gasteiger partial charge in [-0.25, -0.2) is 0 Å². The van der Waals surface area contributed by atoms with Gasteiger partial charge < -0.3 is 10.6 Å². The number of aryl methyl sites for hydroxylation is 1. The summed E-state index contributed by atoms with van der Waals surface area (Å²) in [6, 6.07) is 4.46. The topological polar surface area (TPSA) is 41.1 Å². The number of rotatable bonds is 6. The van der Waals surface area contributed by atoms with Crippen molar-refractivity contribution in [3.05, 3.63) is 21.9 Å². The molecule has 0 aromatic carbocycles. The summed E-state index contributed by atoms with van der Waals surface area (Å²) in [7, 11) is 0. The van der Waals surface area contributed by atoms with Crippen molar-refractivity contribution in [2.24, 2.45) is 0 Å². The summed E-state index contributed by atoms with van der Waals surface area (Å²) in [5.74, 6) is 0.0719. The van der Waals surface area contributed by atoms with Crippen molar-refractivity contribution in [3.8, 4) is 0 Å². The van der Waals surface area contributed by atoms with Crippen LogP contribution in [-0.4, -0.2) is 18.5 Å². The molecule has 2 N–H and O–H groups in total. The van der Waals surface area contributed by atoms with E-state index < -0.39 is 0 Å². The average molecular weight is 240 g/mol. The summed E-state index contributed by atoms with van der Waals surface area (Å²) in [5.41, 5.74) is 0. The van der Waals surface area contributed by atoms with Gasteiger partial charge in [-0.2, -0.15) is 0 Å². The summed E-state index contributed by atoms with van der Waals surface area (Å²) in [6.45, 7) is 7.32. The average Bonchev–Trinajstić information content (AvgIpc) is 2.64. The zero-order valence-electron chi connectivity index (χ0n) is 10.2. The molecule has 1 aromatic rings. The van der Waals surface area contributed by atoms with Gasteiger partial charge in [0.1, 0.15) is 0 Å². The van der Waals surface area contributed by atoms with Crippen LogP contribution in [-0.2, 0) is 11.3 Å². The first-order valence-corrected chi connectivity index (χ1v) is 6.49. The lowest BCUT2D eigenvalue weighted by Crippen LogP contribution is -2.38. The second-order valence-corrected chi connectivity index (χ2v) is 5.37. The number of nitrogens with one attached hydrogen (secondary N) is 2. The molecular weight excluding hydrogens is 220 g/mol. The van der Waals surface area contributed by atoms with Crippen LogP contribution < -0.4 is 10.6 Å². The molecule has 0 radical (unpaired) electrons. The third kappa shape index (κ3) is 4.77. The lowest BCUT2D eigenvalue weighted by Gasteiger charge is -2.11. The zero-order chi connectivity index (χ0) is 12.0. The largest absolute Gasteiger partial charge is 0.353 e. The van der Waals surface area contributed by atoms with E-state index in [0.717, 1.165) is 13.0 Å². The minimum Gasteiger partial charge on any atom is -0.353 e. The van der Waals surface area contributed by atoms with Crippen molar-refractivity contribution in [2.75, 3.05) is 6.54 Å². The molecule has 90 valence electrons. The summed E-state index contributed by atoms with van der Waals surface area (Å²) in [5, 5.41) is 6.07. The molecule has 4 heteroatoms. The molecule has 1 heterocycles. The van der Waals surface area contributed by atoms with Crippen LogP contribution in [0, 0.1) is 6.92 Å². The lowest BCUT2D eigenvalue weighted by atomic mass is 10.2. The van der Waals surface area contributed by atoms with Crippen LogP contribution in [0.5, 0.6) is 0 Å². The van der Waals surface area contributed by atoms with Crippen molar-refractivity contribution in [3.63, 3.8) is 0 Å². The van der Waals surface area contributed by atoms with Crippen molar-refractivity contribution < 1.29 is 4.79 Å². The molecule has 1 aromatic heterocycles. The van der Waals surface area contributed by atoms with E-state index in [1.54, 1.807) is 11.3 Å². The molecule has 0 saturated heterocycles. The molecule has 1 atom stereocenters. The Kier molecular flexibility index (Phi) is 5.49. The van der Waals surface area contributed by atoms with Crippen molar-refractivity contribution in [2.45, 2.75) is 39.8 Å². The SMILES string of the molecule is CCC(C)NC(=O)CNCc1ccc(C)s1. The Morgan fingerprint density at radius 3 is 2.81 bits per heavy atom. The maximum absolute atomic E-state index is 11.4. The quantitative estimate of drug-likeness (QED) is 0.799. The first kappa shape index (κ1) is 13.2. The van der Waals surface area contributed by atoms with E-state index in [1.165, 1.54) is 9.75 Å². The Hall–Kier alpha value is -0.870. The molecule has 16 heavy (non-hydrogen) atoms. The molecule has 3 nitrogen and oxygen atoms in total. The summed E-state index contributed by atoms with van der Waals surface area (Å²) in [4.78, 5) is 14.0. The maximum atomic E-state index is 11.4. The highest BCUT2D eigenvalue weighted by molar-refractivity contribution is 7.11. The molecule has 1 rings (SSSR count). The first-order valence-electron chi connectivity index (χ1n) is 5.67. The van der Waals surface area contributed by atoms with Crippen molar-refractivity contribution in [1.29, 1.82) is 0 Å². The molecule has 0 bridgehead atoms. The molecule has 0 aliphatic heterocycles. The molecular formula is C12H20N2OS. The van der Waals surface area contributed by atoms with Gasteiger partial charge in [-0.15, -0.1) is 11.3 Å². The molecule has 1 amide bonds. The first-order chi connectivity index (χ1) is 7.61. The number of carbonyl (C=O) groups is 1. The van der Waals surface area contributed by atoms with E-state index in [-0.39, 0.29) is 11.9 Å². The fourth-order valence-electron chi connectivity index (χ4n) is 1.31. The van der Waals surface area contributed by atoms with Crippen LogP contribution in [0.25, 0.3) is 0 Å². The predicted molar refractivity (Wildman–Crippen MR) is 68.7 cm³/mol. The molecule has 0 fully saturated rings. The van der Waals surface area contributed by atoms with Crippen LogP contribution in [0.1, 0.15) is 30.0 Å². The molecule has 0 aliphatic rings. The second-order valence-electron chi connectivity index (χ2n) is 3.99. The third-order valence-corrected chi connectivity index (χ3v) is 3.40. The highest BCUT2D eigenvalue weighted by Crippen LogP contribution is 2.14. The van der Waals surface area contributed by atoms with E-state index in [4.69, 9.17) is 0 Å². The van der Waals surface area contributed by atoms with Crippen LogP contribution in [0.2, 0.25) is 0 Å². The fourth-order valence-corrected chi connectivity index (χ4v) is 2.17. The van der Waals surface area contributed by atoms with E-state index >= 15 is 0 Å². The van der Waals surface area contributed by atoms with Gasteiger partial charge in [0.05, 0.1) is 6.54 Å². The van der Waals surface area contributed by atoms with Gasteiger partial charge >= 0.3 is 0 Å². The summed E-state index contributed by atoms with van der Waals surface area (Å²) in [6.07, 6.45) is 0.968. The van der Waals surface area contributed by atoms with Gasteiger partial charge in [-0.3, -0.25) is 4.79 Å². The van der Waals surface area contributed by atoms with E-state index in [1.807, 2.05) is 6.92 Å². The number of amides is 1. The third-order valence-electron chi connectivity index (χ3n) is 2.40. The maximum Gasteiger partial charge on any atom is 0.234 e. The standard InChI is InChI=1S/C12H20N2OS/c1-4-9(2)14-12(15)8-13-7-11-6-5-10(3)16-11/h5-6,9,13H,4,7-8H2,1-3H3,(H,14,15). The van der Waals surface area contributed by atoms with Gasteiger partial charge in [0.2, 0.25) is 5.91 Å². The highest BCUT2D eigenvalue weighted by Gasteiger charge is 2.04. The normalized spacial score (nSPS) is 12.4. The Labute approximate surface area is 101 Å². The van der Waals surface area contributed by atoms with E-state index in [0.29, 0.717) is 6.54 Å². The highest BCUT2D eigenvalue weighted by atomic mass is 32.1. The zero-order valence-corrected chi connectivity index (χ0v) is 11.0. The monoisotopic (exact) mass is 240 g/mol. The van der Waals surface area contributed by atoms with E-state index in [2.05, 4.69) is 36.6 Å². The van der Waals surface area contributed by atoms with Gasteiger partial charge in [-0.05, 0) is 32.4 Å². The smallest absolute Gasteiger partial charge is 0.234 e. The van der Waals surface area contributed by atoms with Gasteiger partial charge in [0.15, 0.2) is 0 Å². The Bertz CT molecular complexity index is 336.